The maximum atomic E-state index is 13.0. The van der Waals surface area contributed by atoms with E-state index in [2.05, 4.69) is 9.88 Å². The summed E-state index contributed by atoms with van der Waals surface area (Å²) in [5.41, 5.74) is 2.33. The number of benzene rings is 3. The topological polar surface area (TPSA) is 51.1 Å². The van der Waals surface area contributed by atoms with Crippen molar-refractivity contribution in [2.75, 3.05) is 5.32 Å². The van der Waals surface area contributed by atoms with Crippen molar-refractivity contribution in [3.05, 3.63) is 88.8 Å². The molecule has 4 rings (SSSR count). The minimum absolute atomic E-state index is 0.0245. The van der Waals surface area contributed by atoms with Crippen LogP contribution in [-0.4, -0.2) is 10.5 Å². The predicted molar refractivity (Wildman–Crippen MR) is 110 cm³/mol. The van der Waals surface area contributed by atoms with Gasteiger partial charge >= 0.3 is 0 Å². The minimum atomic E-state index is -0.338. The summed E-state index contributed by atoms with van der Waals surface area (Å²) >= 11 is 0. The Morgan fingerprint density at radius 2 is 1.43 bits per heavy atom. The molecule has 1 heterocycles. The van der Waals surface area contributed by atoms with Gasteiger partial charge in [0.15, 0.2) is 5.43 Å². The van der Waals surface area contributed by atoms with Crippen LogP contribution in [0.5, 0.6) is 0 Å². The van der Waals surface area contributed by atoms with Crippen LogP contribution in [-0.2, 0) is 11.3 Å². The molecule has 4 aromatic rings. The number of aryl methyl sites for hydroxylation is 1. The van der Waals surface area contributed by atoms with E-state index in [0.29, 0.717) is 35.8 Å². The number of aromatic nitrogens is 1. The highest BCUT2D eigenvalue weighted by molar-refractivity contribution is 5.93. The van der Waals surface area contributed by atoms with E-state index >= 15 is 0 Å². The van der Waals surface area contributed by atoms with Gasteiger partial charge < -0.3 is 9.88 Å². The molecule has 1 N–H and O–H groups in total. The monoisotopic (exact) mass is 374 g/mol. The number of carbonyl (C=O) groups is 1. The molecule has 0 fully saturated rings. The first-order chi connectivity index (χ1) is 13.6. The number of rotatable bonds is 5. The number of para-hydroxylation sites is 2. The number of carbonyl (C=O) groups excluding carboxylic acids is 1. The van der Waals surface area contributed by atoms with E-state index in [9.17, 15) is 14.0 Å². The summed E-state index contributed by atoms with van der Waals surface area (Å²) in [4.78, 5) is 25.0. The zero-order chi connectivity index (χ0) is 19.5. The van der Waals surface area contributed by atoms with Crippen LogP contribution < -0.4 is 10.7 Å². The van der Waals surface area contributed by atoms with Crippen molar-refractivity contribution in [1.29, 1.82) is 0 Å². The smallest absolute Gasteiger partial charge is 0.224 e. The number of halogens is 1. The van der Waals surface area contributed by atoms with Gasteiger partial charge in [0.25, 0.3) is 0 Å². The van der Waals surface area contributed by atoms with Crippen LogP contribution in [0.4, 0.5) is 10.1 Å². The first-order valence-corrected chi connectivity index (χ1v) is 9.19. The summed E-state index contributed by atoms with van der Waals surface area (Å²) in [6.07, 6.45) is 0.941. The minimum Gasteiger partial charge on any atom is -0.340 e. The number of anilines is 1. The number of hydrogen-bond acceptors (Lipinski definition) is 2. The van der Waals surface area contributed by atoms with E-state index in [1.165, 1.54) is 24.3 Å². The third-order valence-corrected chi connectivity index (χ3v) is 4.79. The van der Waals surface area contributed by atoms with Crippen molar-refractivity contribution in [1.82, 2.24) is 4.57 Å². The first-order valence-electron chi connectivity index (χ1n) is 9.19. The van der Waals surface area contributed by atoms with Gasteiger partial charge in [-0.25, -0.2) is 4.39 Å². The van der Waals surface area contributed by atoms with Gasteiger partial charge in [-0.1, -0.05) is 24.3 Å². The number of nitrogens with zero attached hydrogens (tertiary/aromatic N) is 1. The molecule has 0 saturated carbocycles. The maximum Gasteiger partial charge on any atom is 0.224 e. The summed E-state index contributed by atoms with van der Waals surface area (Å²) in [5, 5.41) is 4.13. The lowest BCUT2D eigenvalue weighted by atomic mass is 10.1. The van der Waals surface area contributed by atoms with Crippen molar-refractivity contribution in [2.24, 2.45) is 0 Å². The molecule has 140 valence electrons. The molecule has 3 aromatic carbocycles. The van der Waals surface area contributed by atoms with E-state index in [1.54, 1.807) is 0 Å². The van der Waals surface area contributed by atoms with E-state index < -0.39 is 0 Å². The van der Waals surface area contributed by atoms with Crippen molar-refractivity contribution >= 4 is 33.4 Å². The van der Waals surface area contributed by atoms with Gasteiger partial charge in [0, 0.05) is 29.4 Å². The fourth-order valence-electron chi connectivity index (χ4n) is 3.47. The summed E-state index contributed by atoms with van der Waals surface area (Å²) in [7, 11) is 0. The van der Waals surface area contributed by atoms with Gasteiger partial charge in [0.1, 0.15) is 5.82 Å². The maximum absolute atomic E-state index is 13.0. The Labute approximate surface area is 161 Å². The summed E-state index contributed by atoms with van der Waals surface area (Å²) in [6, 6.07) is 20.8. The lowest BCUT2D eigenvalue weighted by molar-refractivity contribution is -0.116. The average molecular weight is 374 g/mol. The molecule has 1 amide bonds. The molecule has 1 aromatic heterocycles. The molecule has 0 radical (unpaired) electrons. The van der Waals surface area contributed by atoms with Crippen LogP contribution in [0.3, 0.4) is 0 Å². The second-order valence-electron chi connectivity index (χ2n) is 6.67. The normalized spacial score (nSPS) is 11.0. The molecule has 0 atom stereocenters. The Bertz CT molecular complexity index is 1150. The lowest BCUT2D eigenvalue weighted by Crippen LogP contribution is -2.14. The van der Waals surface area contributed by atoms with Crippen LogP contribution in [0.25, 0.3) is 21.8 Å². The van der Waals surface area contributed by atoms with Crippen LogP contribution >= 0.6 is 0 Å². The van der Waals surface area contributed by atoms with E-state index in [0.717, 1.165) is 11.0 Å². The van der Waals surface area contributed by atoms with E-state index in [-0.39, 0.29) is 17.2 Å². The molecular formula is C23H19FN2O2. The third-order valence-electron chi connectivity index (χ3n) is 4.79. The van der Waals surface area contributed by atoms with Crippen molar-refractivity contribution in [3.63, 3.8) is 0 Å². The first kappa shape index (κ1) is 17.9. The standard InChI is InChI=1S/C23H19FN2O2/c24-16-11-13-17(14-12-16)25-22(27)10-5-15-26-20-8-3-1-6-18(20)23(28)19-7-2-4-9-21(19)26/h1-4,6-9,11-14H,5,10,15H2,(H,25,27). The average Bonchev–Trinajstić information content (AvgIpc) is 2.72. The Morgan fingerprint density at radius 1 is 0.857 bits per heavy atom. The van der Waals surface area contributed by atoms with Crippen molar-refractivity contribution in [2.45, 2.75) is 19.4 Å². The highest BCUT2D eigenvalue weighted by Gasteiger charge is 2.10. The summed E-state index contributed by atoms with van der Waals surface area (Å²) < 4.78 is 15.1. The molecule has 0 aliphatic rings. The van der Waals surface area contributed by atoms with Gasteiger partial charge in [0.2, 0.25) is 5.91 Å². The van der Waals surface area contributed by atoms with Gasteiger partial charge in [0.05, 0.1) is 11.0 Å². The second kappa shape index (κ2) is 7.64. The Balaban J connectivity index is 1.56. The molecule has 0 aliphatic carbocycles. The predicted octanol–water partition coefficient (Wildman–Crippen LogP) is 4.71. The highest BCUT2D eigenvalue weighted by atomic mass is 19.1. The molecule has 5 heteroatoms. The summed E-state index contributed by atoms with van der Waals surface area (Å²) in [6.45, 7) is 0.609. The number of hydrogen-bond donors (Lipinski definition) is 1. The molecule has 28 heavy (non-hydrogen) atoms. The zero-order valence-electron chi connectivity index (χ0n) is 15.2. The molecule has 4 nitrogen and oxygen atoms in total. The van der Waals surface area contributed by atoms with Crippen LogP contribution in [0.1, 0.15) is 12.8 Å². The van der Waals surface area contributed by atoms with Crippen molar-refractivity contribution in [3.8, 4) is 0 Å². The van der Waals surface area contributed by atoms with E-state index in [4.69, 9.17) is 0 Å². The Morgan fingerprint density at radius 3 is 2.04 bits per heavy atom. The largest absolute Gasteiger partial charge is 0.340 e. The highest BCUT2D eigenvalue weighted by Crippen LogP contribution is 2.20. The van der Waals surface area contributed by atoms with Gasteiger partial charge in [-0.15, -0.1) is 0 Å². The number of amides is 1. The molecule has 0 spiro atoms. The molecular weight excluding hydrogens is 355 g/mol. The SMILES string of the molecule is O=C(CCCn1c2ccccc2c(=O)c2ccccc21)Nc1ccc(F)cc1. The lowest BCUT2D eigenvalue weighted by Gasteiger charge is -2.15. The Hall–Kier alpha value is -3.47. The second-order valence-corrected chi connectivity index (χ2v) is 6.67. The number of fused-ring (bicyclic) bond motifs is 2. The summed E-state index contributed by atoms with van der Waals surface area (Å²) in [5.74, 6) is -0.462. The zero-order valence-corrected chi connectivity index (χ0v) is 15.2. The fraction of sp³-hybridized carbons (Fsp3) is 0.130. The Kier molecular flexibility index (Phi) is 4.89. The molecule has 0 unspecified atom stereocenters. The molecule has 0 aliphatic heterocycles. The van der Waals surface area contributed by atoms with Crippen molar-refractivity contribution < 1.29 is 9.18 Å². The molecule has 0 saturated heterocycles. The van der Waals surface area contributed by atoms with Crippen LogP contribution in [0, 0.1) is 5.82 Å². The number of pyridine rings is 1. The van der Waals surface area contributed by atoms with Gasteiger partial charge in [-0.3, -0.25) is 9.59 Å². The van der Waals surface area contributed by atoms with Crippen LogP contribution in [0.15, 0.2) is 77.6 Å². The van der Waals surface area contributed by atoms with Gasteiger partial charge in [-0.2, -0.15) is 0 Å². The molecule has 0 bridgehead atoms. The van der Waals surface area contributed by atoms with Crippen LogP contribution in [0.2, 0.25) is 0 Å². The van der Waals surface area contributed by atoms with E-state index in [1.807, 2.05) is 48.5 Å². The fourth-order valence-corrected chi connectivity index (χ4v) is 3.47. The van der Waals surface area contributed by atoms with Gasteiger partial charge in [-0.05, 0) is 55.0 Å². The third kappa shape index (κ3) is 3.51. The number of nitrogens with one attached hydrogen (secondary N) is 1. The quantitative estimate of drug-likeness (QED) is 0.514.